The van der Waals surface area contributed by atoms with Crippen molar-refractivity contribution in [2.24, 2.45) is 11.0 Å². The van der Waals surface area contributed by atoms with Crippen molar-refractivity contribution in [2.75, 3.05) is 13.1 Å². The Kier molecular flexibility index (Phi) is 11.5. The number of rotatable bonds is 2. The Morgan fingerprint density at radius 2 is 1.80 bits per heavy atom. The van der Waals surface area contributed by atoms with Crippen LogP contribution in [0.3, 0.4) is 0 Å². The lowest BCUT2D eigenvalue weighted by Crippen LogP contribution is -2.23. The van der Waals surface area contributed by atoms with Gasteiger partial charge >= 0.3 is 0 Å². The van der Waals surface area contributed by atoms with E-state index in [9.17, 15) is 4.57 Å². The number of hydrogen-bond acceptors (Lipinski definition) is 1. The maximum atomic E-state index is 10.5. The molecule has 0 unspecified atom stereocenters. The molecule has 0 aromatic carbocycles. The summed E-state index contributed by atoms with van der Waals surface area (Å²) in [6.07, 6.45) is 0. The predicted octanol–water partition coefficient (Wildman–Crippen LogP) is 0.984. The van der Waals surface area contributed by atoms with E-state index < -0.39 is 7.59 Å². The van der Waals surface area contributed by atoms with Crippen LogP contribution in [0, 0.1) is 0 Å². The summed E-state index contributed by atoms with van der Waals surface area (Å²) in [5, 5.41) is 0. The van der Waals surface area contributed by atoms with E-state index in [2.05, 4.69) is 0 Å². The van der Waals surface area contributed by atoms with E-state index in [1.165, 1.54) is 11.7 Å². The van der Waals surface area contributed by atoms with Crippen molar-refractivity contribution in [1.82, 2.24) is 4.67 Å². The number of nitrogens with zero attached hydrogens (tertiary/aromatic N) is 1. The fraction of sp³-hybridized carbons (Fsp3) is 1.00. The van der Waals surface area contributed by atoms with Gasteiger partial charge in [-0.3, -0.25) is 15.6 Å². The van der Waals surface area contributed by atoms with E-state index >= 15 is 0 Å². The minimum atomic E-state index is -3.06. The standard InChI is InChI=1S/C2H9ClN3OP.2ClH/c1-6(2-3)8(4,5)7;;/h2H2,1H3,(H4,4,5,7);2*1H. The van der Waals surface area contributed by atoms with Gasteiger partial charge in [0.1, 0.15) is 0 Å². The SMILES string of the molecule is CN(CCl)P(N)(N)=O.Cl.Cl. The van der Waals surface area contributed by atoms with Gasteiger partial charge in [0.15, 0.2) is 0 Å². The molecule has 0 fully saturated rings. The first-order valence-corrected chi connectivity index (χ1v) is 4.26. The molecule has 0 rings (SSSR count). The van der Waals surface area contributed by atoms with Crippen molar-refractivity contribution >= 4 is 44.0 Å². The van der Waals surface area contributed by atoms with E-state index in [0.29, 0.717) is 0 Å². The lowest BCUT2D eigenvalue weighted by molar-refractivity contribution is 0.508. The minimum absolute atomic E-state index is 0. The van der Waals surface area contributed by atoms with Gasteiger partial charge in [-0.2, -0.15) is 0 Å². The summed E-state index contributed by atoms with van der Waals surface area (Å²) in [7, 11) is -1.56. The van der Waals surface area contributed by atoms with Crippen LogP contribution in [0.4, 0.5) is 0 Å². The molecule has 0 aliphatic heterocycles. The molecule has 0 aliphatic carbocycles. The normalized spacial score (nSPS) is 10.1. The van der Waals surface area contributed by atoms with Gasteiger partial charge in [-0.25, -0.2) is 4.67 Å². The van der Waals surface area contributed by atoms with Crippen LogP contribution in [-0.2, 0) is 4.57 Å². The third-order valence-electron chi connectivity index (χ3n) is 0.707. The van der Waals surface area contributed by atoms with Gasteiger partial charge in [0, 0.05) is 0 Å². The Bertz CT molecular complexity index is 116. The van der Waals surface area contributed by atoms with Crippen LogP contribution in [-0.4, -0.2) is 17.7 Å². The van der Waals surface area contributed by atoms with Gasteiger partial charge < -0.3 is 0 Å². The second kappa shape index (κ2) is 6.68. The summed E-state index contributed by atoms with van der Waals surface area (Å²) in [6.45, 7) is 0. The lowest BCUT2D eigenvalue weighted by Gasteiger charge is -2.15. The summed E-state index contributed by atoms with van der Waals surface area (Å²) < 4.78 is 11.7. The van der Waals surface area contributed by atoms with Gasteiger partial charge in [-0.05, 0) is 7.05 Å². The van der Waals surface area contributed by atoms with Crippen LogP contribution in [0.5, 0.6) is 0 Å². The molecule has 0 aromatic heterocycles. The second-order valence-corrected chi connectivity index (χ2v) is 3.72. The molecule has 0 aliphatic rings. The Balaban J connectivity index is -0.000000245. The Labute approximate surface area is 77.6 Å². The zero-order chi connectivity index (χ0) is 6.78. The quantitative estimate of drug-likeness (QED) is 0.421. The van der Waals surface area contributed by atoms with Crippen molar-refractivity contribution < 1.29 is 4.57 Å². The number of hydrogen-bond donors (Lipinski definition) is 2. The van der Waals surface area contributed by atoms with Crippen molar-refractivity contribution in [2.45, 2.75) is 0 Å². The largest absolute Gasteiger partial charge is 0.277 e. The summed E-state index contributed by atoms with van der Waals surface area (Å²) in [5.74, 6) is 0. The topological polar surface area (TPSA) is 72.3 Å². The molecule has 0 atom stereocenters. The fourth-order valence-electron chi connectivity index (χ4n) is 0.0835. The van der Waals surface area contributed by atoms with E-state index in [0.717, 1.165) is 0 Å². The van der Waals surface area contributed by atoms with E-state index in [1.807, 2.05) is 0 Å². The smallest absolute Gasteiger partial charge is 0.271 e. The lowest BCUT2D eigenvalue weighted by atomic mass is 11.3. The van der Waals surface area contributed by atoms with Crippen molar-refractivity contribution in [1.29, 1.82) is 0 Å². The van der Waals surface area contributed by atoms with Gasteiger partial charge in [0.05, 0.1) is 6.00 Å². The molecule has 4 N–H and O–H groups in total. The highest BCUT2D eigenvalue weighted by molar-refractivity contribution is 7.56. The van der Waals surface area contributed by atoms with Crippen LogP contribution in [0.15, 0.2) is 0 Å². The molecule has 8 heteroatoms. The van der Waals surface area contributed by atoms with Gasteiger partial charge in [-0.1, -0.05) is 0 Å². The molecule has 0 radical (unpaired) electrons. The summed E-state index contributed by atoms with van der Waals surface area (Å²) >= 11 is 5.23. The Morgan fingerprint density at radius 3 is 1.80 bits per heavy atom. The molecular formula is C2H11Cl3N3OP. The third kappa shape index (κ3) is 7.09. The average Bonchev–Trinajstić information content (AvgIpc) is 1.62. The minimum Gasteiger partial charge on any atom is -0.271 e. The van der Waals surface area contributed by atoms with Crippen molar-refractivity contribution in [3.05, 3.63) is 0 Å². The molecule has 4 nitrogen and oxygen atoms in total. The molecule has 66 valence electrons. The highest BCUT2D eigenvalue weighted by Gasteiger charge is 2.13. The first-order valence-electron chi connectivity index (χ1n) is 1.93. The van der Waals surface area contributed by atoms with Gasteiger partial charge in [-0.15, -0.1) is 36.4 Å². The number of halogens is 3. The van der Waals surface area contributed by atoms with Crippen LogP contribution in [0.25, 0.3) is 0 Å². The van der Waals surface area contributed by atoms with Crippen LogP contribution < -0.4 is 11.0 Å². The van der Waals surface area contributed by atoms with Crippen molar-refractivity contribution in [3.8, 4) is 0 Å². The van der Waals surface area contributed by atoms with E-state index in [-0.39, 0.29) is 30.8 Å². The molecule has 0 heterocycles. The predicted molar refractivity (Wildman–Crippen MR) is 49.0 cm³/mol. The molecule has 0 aromatic rings. The first kappa shape index (κ1) is 17.2. The molecular weight excluding hydrogens is 219 g/mol. The summed E-state index contributed by atoms with van der Waals surface area (Å²) in [5.41, 5.74) is 9.93. The second-order valence-electron chi connectivity index (χ2n) is 1.45. The van der Waals surface area contributed by atoms with Crippen LogP contribution in [0.1, 0.15) is 0 Å². The molecule has 0 saturated carbocycles. The molecule has 0 spiro atoms. The average molecular weight is 230 g/mol. The maximum absolute atomic E-state index is 10.5. The third-order valence-corrected chi connectivity index (χ3v) is 2.44. The van der Waals surface area contributed by atoms with Crippen LogP contribution in [0.2, 0.25) is 0 Å². The molecule has 0 bridgehead atoms. The maximum Gasteiger partial charge on any atom is 0.277 e. The highest BCUT2D eigenvalue weighted by Crippen LogP contribution is 2.28. The first-order chi connectivity index (χ1) is 3.48. The molecule has 0 amide bonds. The van der Waals surface area contributed by atoms with Gasteiger partial charge in [0.25, 0.3) is 7.59 Å². The number of nitrogens with two attached hydrogens (primary N) is 2. The highest BCUT2D eigenvalue weighted by atomic mass is 35.5. The fourth-order valence-corrected chi connectivity index (χ4v) is 0.752. The van der Waals surface area contributed by atoms with Gasteiger partial charge in [0.2, 0.25) is 0 Å². The monoisotopic (exact) mass is 229 g/mol. The van der Waals surface area contributed by atoms with E-state index in [4.69, 9.17) is 22.6 Å². The molecule has 10 heavy (non-hydrogen) atoms. The zero-order valence-electron chi connectivity index (χ0n) is 5.36. The zero-order valence-corrected chi connectivity index (χ0v) is 8.64. The Hall–Kier alpha value is 0.980. The van der Waals surface area contributed by atoms with E-state index in [1.54, 1.807) is 0 Å². The Morgan fingerprint density at radius 1 is 1.50 bits per heavy atom. The molecule has 0 saturated heterocycles. The summed E-state index contributed by atoms with van der Waals surface area (Å²) in [6, 6.07) is 0.0876. The number of alkyl halides is 1. The van der Waals surface area contributed by atoms with Crippen LogP contribution >= 0.6 is 44.0 Å². The summed E-state index contributed by atoms with van der Waals surface area (Å²) in [4.78, 5) is 0. The van der Waals surface area contributed by atoms with Crippen molar-refractivity contribution in [3.63, 3.8) is 0 Å².